The van der Waals surface area contributed by atoms with Gasteiger partial charge in [0, 0.05) is 41.2 Å². The van der Waals surface area contributed by atoms with Crippen LogP contribution in [0.25, 0.3) is 0 Å². The van der Waals surface area contributed by atoms with Crippen LogP contribution < -0.4 is 10.2 Å². The lowest BCUT2D eigenvalue weighted by Crippen LogP contribution is -2.25. The molecule has 1 aromatic carbocycles. The quantitative estimate of drug-likeness (QED) is 0.646. The van der Waals surface area contributed by atoms with E-state index in [0.717, 1.165) is 36.3 Å². The molecular formula is C24H34N2OS. The van der Waals surface area contributed by atoms with Crippen molar-refractivity contribution in [2.75, 3.05) is 16.8 Å². The van der Waals surface area contributed by atoms with Gasteiger partial charge in [0.05, 0.1) is 0 Å². The molecule has 0 saturated heterocycles. The van der Waals surface area contributed by atoms with E-state index in [2.05, 4.69) is 82.3 Å². The van der Waals surface area contributed by atoms with Gasteiger partial charge in [-0.15, -0.1) is 11.3 Å². The van der Waals surface area contributed by atoms with E-state index in [9.17, 15) is 4.79 Å². The summed E-state index contributed by atoms with van der Waals surface area (Å²) in [6.07, 6.45) is 1.67. The van der Waals surface area contributed by atoms with Crippen LogP contribution in [0.1, 0.15) is 69.0 Å². The maximum absolute atomic E-state index is 12.4. The molecule has 152 valence electrons. The SMILES string of the molecule is Cc1cc(N2CCC(C)(C)c3sccc3C2)cc(C)c1NC(=O)CC(C)(C)C. The number of thiophene rings is 1. The second kappa shape index (κ2) is 7.55. The number of rotatable bonds is 3. The summed E-state index contributed by atoms with van der Waals surface area (Å²) in [7, 11) is 0. The lowest BCUT2D eigenvalue weighted by molar-refractivity contribution is -0.117. The molecule has 0 radical (unpaired) electrons. The van der Waals surface area contributed by atoms with E-state index in [-0.39, 0.29) is 16.7 Å². The van der Waals surface area contributed by atoms with Crippen LogP contribution in [-0.2, 0) is 16.8 Å². The molecule has 0 unspecified atom stereocenters. The monoisotopic (exact) mass is 398 g/mol. The van der Waals surface area contributed by atoms with E-state index in [4.69, 9.17) is 0 Å². The molecule has 2 aromatic rings. The maximum atomic E-state index is 12.4. The van der Waals surface area contributed by atoms with Crippen molar-refractivity contribution in [3.05, 3.63) is 45.1 Å². The summed E-state index contributed by atoms with van der Waals surface area (Å²) < 4.78 is 0. The molecule has 3 nitrogen and oxygen atoms in total. The summed E-state index contributed by atoms with van der Waals surface area (Å²) in [4.78, 5) is 16.4. The van der Waals surface area contributed by atoms with Crippen molar-refractivity contribution in [1.82, 2.24) is 0 Å². The number of benzene rings is 1. The van der Waals surface area contributed by atoms with Gasteiger partial charge in [0.25, 0.3) is 0 Å². The van der Waals surface area contributed by atoms with Crippen LogP contribution in [0.2, 0.25) is 0 Å². The number of nitrogens with one attached hydrogen (secondary N) is 1. The molecule has 1 aromatic heterocycles. The van der Waals surface area contributed by atoms with Gasteiger partial charge < -0.3 is 10.2 Å². The third kappa shape index (κ3) is 4.60. The molecule has 28 heavy (non-hydrogen) atoms. The van der Waals surface area contributed by atoms with Gasteiger partial charge in [-0.1, -0.05) is 34.6 Å². The molecule has 0 saturated carbocycles. The van der Waals surface area contributed by atoms with Crippen LogP contribution in [0, 0.1) is 19.3 Å². The Balaban J connectivity index is 1.84. The zero-order valence-electron chi connectivity index (χ0n) is 18.4. The molecule has 1 amide bonds. The van der Waals surface area contributed by atoms with Gasteiger partial charge in [-0.25, -0.2) is 0 Å². The van der Waals surface area contributed by atoms with Crippen LogP contribution in [0.3, 0.4) is 0 Å². The highest BCUT2D eigenvalue weighted by Crippen LogP contribution is 2.39. The first-order valence-electron chi connectivity index (χ1n) is 10.2. The Hall–Kier alpha value is -1.81. The minimum absolute atomic E-state index is 0.0110. The van der Waals surface area contributed by atoms with Gasteiger partial charge in [0.1, 0.15) is 0 Å². The Labute approximate surface area is 174 Å². The Bertz CT molecular complexity index is 850. The largest absolute Gasteiger partial charge is 0.367 e. The lowest BCUT2D eigenvalue weighted by Gasteiger charge is -2.27. The van der Waals surface area contributed by atoms with E-state index < -0.39 is 0 Å². The molecule has 1 N–H and O–H groups in total. The Morgan fingerprint density at radius 3 is 2.46 bits per heavy atom. The maximum Gasteiger partial charge on any atom is 0.224 e. The van der Waals surface area contributed by atoms with Gasteiger partial charge in [-0.2, -0.15) is 0 Å². The average Bonchev–Trinajstić information content (AvgIpc) is 2.97. The van der Waals surface area contributed by atoms with E-state index in [1.165, 1.54) is 16.1 Å². The van der Waals surface area contributed by atoms with Crippen molar-refractivity contribution >= 4 is 28.6 Å². The number of fused-ring (bicyclic) bond motifs is 1. The summed E-state index contributed by atoms with van der Waals surface area (Å²) in [5, 5.41) is 5.37. The number of amides is 1. The summed E-state index contributed by atoms with van der Waals surface area (Å²) in [6.45, 7) is 17.2. The number of nitrogens with zero attached hydrogens (tertiary/aromatic N) is 1. The van der Waals surface area contributed by atoms with Gasteiger partial charge >= 0.3 is 0 Å². The summed E-state index contributed by atoms with van der Waals surface area (Å²) in [5.41, 5.74) is 6.14. The molecule has 0 aliphatic carbocycles. The third-order valence-electron chi connectivity index (χ3n) is 5.57. The lowest BCUT2D eigenvalue weighted by atomic mass is 9.86. The number of carbonyl (C=O) groups is 1. The predicted molar refractivity (Wildman–Crippen MR) is 122 cm³/mol. The average molecular weight is 399 g/mol. The van der Waals surface area contributed by atoms with Gasteiger partial charge in [0.15, 0.2) is 0 Å². The van der Waals surface area contributed by atoms with Crippen LogP contribution >= 0.6 is 11.3 Å². The fourth-order valence-corrected chi connectivity index (χ4v) is 5.15. The van der Waals surface area contributed by atoms with Gasteiger partial charge in [-0.3, -0.25) is 4.79 Å². The van der Waals surface area contributed by atoms with Gasteiger partial charge in [0.2, 0.25) is 5.91 Å². The molecule has 2 heterocycles. The summed E-state index contributed by atoms with van der Waals surface area (Å²) in [5.74, 6) is 0.0888. The summed E-state index contributed by atoms with van der Waals surface area (Å²) >= 11 is 1.89. The molecule has 0 atom stereocenters. The smallest absolute Gasteiger partial charge is 0.224 e. The molecule has 0 bridgehead atoms. The van der Waals surface area contributed by atoms with Crippen LogP contribution in [0.4, 0.5) is 11.4 Å². The van der Waals surface area contributed by atoms with Crippen molar-refractivity contribution < 1.29 is 4.79 Å². The fourth-order valence-electron chi connectivity index (χ4n) is 4.07. The standard InChI is InChI=1S/C24H34N2OS/c1-16-12-19(13-17(2)21(16)25-20(27)14-23(3,4)5)26-10-9-24(6,7)22-18(15-26)8-11-28-22/h8,11-13H,9-10,14-15H2,1-7H3,(H,25,27). The van der Waals surface area contributed by atoms with Crippen molar-refractivity contribution in [2.45, 2.75) is 73.3 Å². The predicted octanol–water partition coefficient (Wildman–Crippen LogP) is 6.43. The number of hydrogen-bond donors (Lipinski definition) is 1. The highest BCUT2D eigenvalue weighted by Gasteiger charge is 2.30. The Morgan fingerprint density at radius 2 is 1.86 bits per heavy atom. The Kier molecular flexibility index (Phi) is 5.64. The number of hydrogen-bond acceptors (Lipinski definition) is 3. The topological polar surface area (TPSA) is 32.3 Å². The minimum atomic E-state index is -0.0110. The first kappa shape index (κ1) is 20.9. The first-order chi connectivity index (χ1) is 13.0. The fraction of sp³-hybridized carbons (Fsp3) is 0.542. The third-order valence-corrected chi connectivity index (χ3v) is 6.89. The number of anilines is 2. The van der Waals surface area contributed by atoms with E-state index >= 15 is 0 Å². The molecule has 1 aliphatic heterocycles. The van der Waals surface area contributed by atoms with Crippen molar-refractivity contribution in [3.8, 4) is 0 Å². The van der Waals surface area contributed by atoms with E-state index in [0.29, 0.717) is 6.42 Å². The number of carbonyl (C=O) groups excluding carboxylic acids is 1. The minimum Gasteiger partial charge on any atom is -0.367 e. The molecule has 4 heteroatoms. The first-order valence-corrected chi connectivity index (χ1v) is 11.1. The van der Waals surface area contributed by atoms with E-state index in [1.54, 1.807) is 0 Å². The normalized spacial score (nSPS) is 16.5. The second-order valence-electron chi connectivity index (χ2n) is 10.1. The molecule has 3 rings (SSSR count). The van der Waals surface area contributed by atoms with Crippen molar-refractivity contribution in [2.24, 2.45) is 5.41 Å². The molecule has 0 fully saturated rings. The summed E-state index contributed by atoms with van der Waals surface area (Å²) in [6, 6.07) is 6.73. The highest BCUT2D eigenvalue weighted by molar-refractivity contribution is 7.10. The van der Waals surface area contributed by atoms with Crippen LogP contribution in [0.5, 0.6) is 0 Å². The molecule has 1 aliphatic rings. The molecular weight excluding hydrogens is 364 g/mol. The molecule has 0 spiro atoms. The highest BCUT2D eigenvalue weighted by atomic mass is 32.1. The zero-order valence-corrected chi connectivity index (χ0v) is 19.2. The van der Waals surface area contributed by atoms with Crippen molar-refractivity contribution in [3.63, 3.8) is 0 Å². The second-order valence-corrected chi connectivity index (χ2v) is 11.0. The van der Waals surface area contributed by atoms with Gasteiger partial charge in [-0.05, 0) is 66.0 Å². The number of aryl methyl sites for hydroxylation is 2. The van der Waals surface area contributed by atoms with Crippen LogP contribution in [0.15, 0.2) is 23.6 Å². The van der Waals surface area contributed by atoms with E-state index in [1.807, 2.05) is 11.3 Å². The van der Waals surface area contributed by atoms with Crippen LogP contribution in [-0.4, -0.2) is 12.5 Å². The zero-order chi connectivity index (χ0) is 20.7. The Morgan fingerprint density at radius 1 is 1.21 bits per heavy atom. The van der Waals surface area contributed by atoms with Crippen molar-refractivity contribution in [1.29, 1.82) is 0 Å².